The number of fused-ring (bicyclic) bond motifs is 2. The molecule has 1 aromatic carbocycles. The van der Waals surface area contributed by atoms with Crippen LogP contribution in [-0.4, -0.2) is 45.8 Å². The summed E-state index contributed by atoms with van der Waals surface area (Å²) in [6.45, 7) is 0.181. The van der Waals surface area contributed by atoms with Crippen LogP contribution in [0, 0.1) is 0 Å². The Bertz CT molecular complexity index is 1310. The molecule has 2 bridgehead atoms. The van der Waals surface area contributed by atoms with E-state index in [1.165, 1.54) is 18.3 Å². The van der Waals surface area contributed by atoms with Gasteiger partial charge < -0.3 is 24.0 Å². The number of benzene rings is 1. The van der Waals surface area contributed by atoms with E-state index < -0.39 is 12.3 Å². The van der Waals surface area contributed by atoms with Gasteiger partial charge in [0.1, 0.15) is 23.0 Å². The highest BCUT2D eigenvalue weighted by Crippen LogP contribution is 2.46. The van der Waals surface area contributed by atoms with Crippen molar-refractivity contribution in [3.8, 4) is 17.0 Å². The summed E-state index contributed by atoms with van der Waals surface area (Å²) in [5.74, 6) is 0.294. The Labute approximate surface area is 216 Å². The van der Waals surface area contributed by atoms with E-state index in [0.29, 0.717) is 17.0 Å². The van der Waals surface area contributed by atoms with Gasteiger partial charge in [0.25, 0.3) is 0 Å². The second-order valence-corrected chi connectivity index (χ2v) is 10.1. The van der Waals surface area contributed by atoms with Crippen molar-refractivity contribution in [2.75, 3.05) is 4.90 Å². The van der Waals surface area contributed by atoms with Gasteiger partial charge in [-0.05, 0) is 62.8 Å². The molecule has 1 aliphatic carbocycles. The van der Waals surface area contributed by atoms with E-state index >= 15 is 0 Å². The number of carboxylic acids is 1. The largest absolute Gasteiger partial charge is 0.573 e. The summed E-state index contributed by atoms with van der Waals surface area (Å²) in [4.78, 5) is 17.8. The average Bonchev–Trinajstić information content (AvgIpc) is 3.58. The Hall–Kier alpha value is -3.60. The van der Waals surface area contributed by atoms with Crippen LogP contribution in [0.2, 0.25) is 0 Å². The molecule has 3 aliphatic rings. The smallest absolute Gasteiger partial charge is 0.478 e. The van der Waals surface area contributed by atoms with E-state index in [9.17, 15) is 18.0 Å². The quantitative estimate of drug-likeness (QED) is 0.384. The number of anilines is 1. The number of carboxylic acid groups (broad SMARTS) is 1. The first-order valence-electron chi connectivity index (χ1n) is 12.7. The van der Waals surface area contributed by atoms with Crippen LogP contribution in [0.15, 0.2) is 47.1 Å². The monoisotopic (exact) mass is 529 g/mol. The maximum atomic E-state index is 13.0. The highest BCUT2D eigenvalue weighted by atomic mass is 19.4. The fraction of sp³-hybridized carbons (Fsp3) is 0.444. The number of para-hydroxylation sites is 1. The number of halogens is 3. The van der Waals surface area contributed by atoms with Gasteiger partial charge in [0.15, 0.2) is 0 Å². The Kier molecular flexibility index (Phi) is 6.25. The fourth-order valence-electron chi connectivity index (χ4n) is 5.72. The third-order valence-electron chi connectivity index (χ3n) is 7.55. The summed E-state index contributed by atoms with van der Waals surface area (Å²) in [6.07, 6.45) is 1.91. The van der Waals surface area contributed by atoms with Crippen molar-refractivity contribution in [2.45, 2.75) is 75.6 Å². The fourth-order valence-corrected chi connectivity index (χ4v) is 5.72. The minimum absolute atomic E-state index is 0.0430. The number of alkyl halides is 3. The standard InChI is InChI=1S/C27H26F3N3O5/c28-27(29,30)37-22-4-2-1-3-20(22)24-21(25(38-32-24)15-5-6-15)14-36-19-11-17-8-9-18(12-19)33(17)23-10-7-16(13-31-23)26(34)35/h1-4,7,10,13,15,17-19H,5-6,8-9,11-12,14H2,(H,34,35). The van der Waals surface area contributed by atoms with E-state index in [4.69, 9.17) is 14.4 Å². The number of hydrogen-bond acceptors (Lipinski definition) is 7. The number of aromatic nitrogens is 2. The number of rotatable bonds is 8. The summed E-state index contributed by atoms with van der Waals surface area (Å²) < 4.78 is 55.4. The van der Waals surface area contributed by atoms with Gasteiger partial charge in [-0.2, -0.15) is 0 Å². The molecule has 2 saturated heterocycles. The lowest BCUT2D eigenvalue weighted by Crippen LogP contribution is -2.46. The lowest BCUT2D eigenvalue weighted by atomic mass is 9.99. The van der Waals surface area contributed by atoms with Crippen LogP contribution in [0.1, 0.15) is 66.1 Å². The lowest BCUT2D eigenvalue weighted by Gasteiger charge is -2.39. The van der Waals surface area contributed by atoms with Gasteiger partial charge >= 0.3 is 12.3 Å². The van der Waals surface area contributed by atoms with Crippen LogP contribution in [0.5, 0.6) is 5.75 Å². The number of piperidine rings is 1. The first-order valence-corrected chi connectivity index (χ1v) is 12.7. The minimum Gasteiger partial charge on any atom is -0.478 e. The van der Waals surface area contributed by atoms with Crippen molar-refractivity contribution >= 4 is 11.8 Å². The van der Waals surface area contributed by atoms with Crippen molar-refractivity contribution in [3.05, 3.63) is 59.5 Å². The molecule has 0 radical (unpaired) electrons. The van der Waals surface area contributed by atoms with Crippen LogP contribution in [-0.2, 0) is 11.3 Å². The molecule has 8 nitrogen and oxygen atoms in total. The van der Waals surface area contributed by atoms with E-state index in [0.717, 1.165) is 44.3 Å². The van der Waals surface area contributed by atoms with Gasteiger partial charge in [-0.1, -0.05) is 17.3 Å². The zero-order chi connectivity index (χ0) is 26.4. The normalized spacial score (nSPS) is 23.0. The van der Waals surface area contributed by atoms with Gasteiger partial charge in [-0.3, -0.25) is 0 Å². The minimum atomic E-state index is -4.83. The van der Waals surface area contributed by atoms with Crippen molar-refractivity contribution in [1.29, 1.82) is 0 Å². The van der Waals surface area contributed by atoms with Gasteiger partial charge in [-0.15, -0.1) is 13.2 Å². The van der Waals surface area contributed by atoms with Crippen LogP contribution >= 0.6 is 0 Å². The first kappa shape index (κ1) is 24.7. The molecule has 2 unspecified atom stereocenters. The maximum Gasteiger partial charge on any atom is 0.573 e. The molecule has 38 heavy (non-hydrogen) atoms. The zero-order valence-corrected chi connectivity index (χ0v) is 20.4. The Morgan fingerprint density at radius 1 is 1.08 bits per heavy atom. The Morgan fingerprint density at radius 3 is 2.45 bits per heavy atom. The number of nitrogens with zero attached hydrogens (tertiary/aromatic N) is 3. The molecule has 3 fully saturated rings. The molecular weight excluding hydrogens is 503 g/mol. The van der Waals surface area contributed by atoms with Gasteiger partial charge in [0, 0.05) is 35.3 Å². The Morgan fingerprint density at radius 2 is 1.82 bits per heavy atom. The molecule has 6 rings (SSSR count). The molecule has 200 valence electrons. The van der Waals surface area contributed by atoms with Gasteiger partial charge in [0.05, 0.1) is 18.3 Å². The van der Waals surface area contributed by atoms with E-state index in [1.807, 2.05) is 0 Å². The molecule has 0 spiro atoms. The SMILES string of the molecule is O=C(O)c1ccc(N2C3CCC2CC(OCc2c(-c4ccccc4OC(F)(F)F)noc2C2CC2)C3)nc1. The maximum absolute atomic E-state index is 13.0. The number of ether oxygens (including phenoxy) is 2. The summed E-state index contributed by atoms with van der Waals surface area (Å²) in [5.41, 5.74) is 1.35. The van der Waals surface area contributed by atoms with Crippen molar-refractivity contribution in [1.82, 2.24) is 10.1 Å². The molecule has 0 amide bonds. The zero-order valence-electron chi connectivity index (χ0n) is 20.4. The molecule has 1 N–H and O–H groups in total. The van der Waals surface area contributed by atoms with Crippen molar-refractivity contribution in [2.24, 2.45) is 0 Å². The van der Waals surface area contributed by atoms with Crippen LogP contribution in [0.25, 0.3) is 11.3 Å². The van der Waals surface area contributed by atoms with Gasteiger partial charge in [-0.25, -0.2) is 9.78 Å². The topological polar surface area (TPSA) is 97.9 Å². The van der Waals surface area contributed by atoms with Crippen LogP contribution in [0.4, 0.5) is 19.0 Å². The summed E-state index contributed by atoms with van der Waals surface area (Å²) in [7, 11) is 0. The third-order valence-corrected chi connectivity index (χ3v) is 7.55. The molecule has 2 aliphatic heterocycles. The number of pyridine rings is 1. The summed E-state index contributed by atoms with van der Waals surface area (Å²) in [5, 5.41) is 13.3. The van der Waals surface area contributed by atoms with Crippen LogP contribution in [0.3, 0.4) is 0 Å². The Balaban J connectivity index is 1.19. The molecule has 11 heteroatoms. The van der Waals surface area contributed by atoms with Crippen molar-refractivity contribution < 1.29 is 37.1 Å². The predicted octanol–water partition coefficient (Wildman–Crippen LogP) is 5.93. The first-order chi connectivity index (χ1) is 18.3. The second-order valence-electron chi connectivity index (χ2n) is 10.1. The van der Waals surface area contributed by atoms with E-state index in [1.54, 1.807) is 24.3 Å². The molecule has 4 heterocycles. The third kappa shape index (κ3) is 4.94. The molecule has 2 atom stereocenters. The van der Waals surface area contributed by atoms with E-state index in [-0.39, 0.29) is 47.6 Å². The summed E-state index contributed by atoms with van der Waals surface area (Å²) in [6, 6.07) is 9.68. The predicted molar refractivity (Wildman–Crippen MR) is 129 cm³/mol. The van der Waals surface area contributed by atoms with Crippen LogP contribution < -0.4 is 9.64 Å². The number of hydrogen-bond donors (Lipinski definition) is 1. The molecular formula is C27H26F3N3O5. The highest BCUT2D eigenvalue weighted by molar-refractivity contribution is 5.87. The molecule has 2 aromatic heterocycles. The van der Waals surface area contributed by atoms with Gasteiger partial charge in [0.2, 0.25) is 0 Å². The second kappa shape index (κ2) is 9.61. The summed E-state index contributed by atoms with van der Waals surface area (Å²) >= 11 is 0. The van der Waals surface area contributed by atoms with Crippen molar-refractivity contribution in [3.63, 3.8) is 0 Å². The molecule has 1 saturated carbocycles. The lowest BCUT2D eigenvalue weighted by molar-refractivity contribution is -0.274. The number of carbonyl (C=O) groups is 1. The number of aromatic carboxylic acids is 1. The molecule has 3 aromatic rings. The van der Waals surface area contributed by atoms with E-state index in [2.05, 4.69) is 19.8 Å². The average molecular weight is 530 g/mol. The highest BCUT2D eigenvalue weighted by Gasteiger charge is 2.42.